The summed E-state index contributed by atoms with van der Waals surface area (Å²) < 4.78 is 11.2. The summed E-state index contributed by atoms with van der Waals surface area (Å²) in [6.07, 6.45) is 3.35. The van der Waals surface area contributed by atoms with Crippen LogP contribution in [0.25, 0.3) is 5.57 Å². The van der Waals surface area contributed by atoms with Crippen LogP contribution in [0.5, 0.6) is 0 Å². The van der Waals surface area contributed by atoms with Gasteiger partial charge in [0.25, 0.3) is 0 Å². The van der Waals surface area contributed by atoms with Crippen LogP contribution in [0.2, 0.25) is 0 Å². The number of fused-ring (bicyclic) bond motifs is 2. The van der Waals surface area contributed by atoms with Crippen molar-refractivity contribution in [2.75, 3.05) is 13.2 Å². The van der Waals surface area contributed by atoms with Crippen LogP contribution in [0.15, 0.2) is 30.3 Å². The molecular weight excluding hydrogens is 306 g/mol. The van der Waals surface area contributed by atoms with Gasteiger partial charge in [0, 0.05) is 5.56 Å². The van der Waals surface area contributed by atoms with Gasteiger partial charge in [0.1, 0.15) is 11.9 Å². The maximum atomic E-state index is 12.5. The minimum absolute atomic E-state index is 0.0238. The summed E-state index contributed by atoms with van der Waals surface area (Å²) in [5, 5.41) is 0. The highest BCUT2D eigenvalue weighted by Gasteiger charge is 2.40. The van der Waals surface area contributed by atoms with E-state index in [0.29, 0.717) is 18.8 Å². The molecule has 1 saturated heterocycles. The number of rotatable bonds is 2. The fourth-order valence-corrected chi connectivity index (χ4v) is 3.18. The third kappa shape index (κ3) is 3.51. The van der Waals surface area contributed by atoms with E-state index in [0.717, 1.165) is 18.3 Å². The number of carbonyl (C=O) groups is 2. The summed E-state index contributed by atoms with van der Waals surface area (Å²) in [4.78, 5) is 25.1. The van der Waals surface area contributed by atoms with E-state index in [1.165, 1.54) is 5.57 Å². The fraction of sp³-hybridized carbons (Fsp3) is 0.474. The first-order valence-electron chi connectivity index (χ1n) is 8.23. The predicted molar refractivity (Wildman–Crippen MR) is 90.9 cm³/mol. The Morgan fingerprint density at radius 2 is 1.96 bits per heavy atom. The number of hydrogen-bond acceptors (Lipinski definition) is 4. The number of ether oxygens (including phenoxy) is 2. The lowest BCUT2D eigenvalue weighted by Gasteiger charge is -2.44. The van der Waals surface area contributed by atoms with Crippen molar-refractivity contribution in [1.29, 1.82) is 0 Å². The Bertz CT molecular complexity index is 657. The normalized spacial score (nSPS) is 23.5. The Morgan fingerprint density at radius 1 is 1.25 bits per heavy atom. The van der Waals surface area contributed by atoms with Crippen LogP contribution in [0, 0.1) is 0 Å². The molecule has 2 atom stereocenters. The number of carbonyl (C=O) groups excluding carboxylic acids is 2. The van der Waals surface area contributed by atoms with E-state index in [4.69, 9.17) is 9.47 Å². The molecule has 0 radical (unpaired) electrons. The van der Waals surface area contributed by atoms with Gasteiger partial charge in [-0.25, -0.2) is 4.79 Å². The molecule has 2 bridgehead atoms. The Labute approximate surface area is 142 Å². The van der Waals surface area contributed by atoms with Gasteiger partial charge < -0.3 is 9.47 Å². The third-order valence-electron chi connectivity index (χ3n) is 4.22. The van der Waals surface area contributed by atoms with Crippen molar-refractivity contribution < 1.29 is 19.1 Å². The molecule has 3 rings (SSSR count). The van der Waals surface area contributed by atoms with Gasteiger partial charge in [0.05, 0.1) is 25.3 Å². The molecule has 0 spiro atoms. The van der Waals surface area contributed by atoms with Crippen LogP contribution in [-0.2, 0) is 9.47 Å². The molecule has 0 N–H and O–H groups in total. The molecule has 2 heterocycles. The minimum Gasteiger partial charge on any atom is -0.444 e. The molecule has 2 aliphatic heterocycles. The smallest absolute Gasteiger partial charge is 0.411 e. The average molecular weight is 329 g/mol. The number of hydrogen-bond donors (Lipinski definition) is 0. The third-order valence-corrected chi connectivity index (χ3v) is 4.22. The molecule has 5 nitrogen and oxygen atoms in total. The van der Waals surface area contributed by atoms with E-state index in [-0.39, 0.29) is 18.2 Å². The number of morpholine rings is 1. The highest BCUT2D eigenvalue weighted by atomic mass is 16.6. The molecule has 128 valence electrons. The van der Waals surface area contributed by atoms with Gasteiger partial charge in [-0.15, -0.1) is 0 Å². The van der Waals surface area contributed by atoms with Crippen molar-refractivity contribution in [2.45, 2.75) is 44.9 Å². The molecule has 1 aromatic rings. The second-order valence-corrected chi connectivity index (χ2v) is 7.28. The summed E-state index contributed by atoms with van der Waals surface area (Å²) in [6.45, 7) is 6.61. The zero-order valence-electron chi connectivity index (χ0n) is 14.3. The fourth-order valence-electron chi connectivity index (χ4n) is 3.18. The largest absolute Gasteiger partial charge is 0.444 e. The Morgan fingerprint density at radius 3 is 2.54 bits per heavy atom. The summed E-state index contributed by atoms with van der Waals surface area (Å²) in [6, 6.07) is 7.40. The lowest BCUT2D eigenvalue weighted by Crippen LogP contribution is -2.57. The standard InChI is InChI=1S/C19H23NO4/c1-19(2,3)24-18(22)20-16-8-15(9-17(20)12-23-11-16)14-6-4-13(10-21)5-7-14/h4-8,10,16-17H,9,11-12H2,1-3H3. The number of amides is 1. The quantitative estimate of drug-likeness (QED) is 0.781. The van der Waals surface area contributed by atoms with Crippen LogP contribution in [0.1, 0.15) is 43.1 Å². The summed E-state index contributed by atoms with van der Waals surface area (Å²) in [7, 11) is 0. The Kier molecular flexibility index (Phi) is 4.45. The van der Waals surface area contributed by atoms with Gasteiger partial charge in [-0.05, 0) is 38.3 Å². The van der Waals surface area contributed by atoms with Crippen molar-refractivity contribution >= 4 is 18.0 Å². The van der Waals surface area contributed by atoms with Crippen LogP contribution in [0.3, 0.4) is 0 Å². The van der Waals surface area contributed by atoms with Crippen LogP contribution >= 0.6 is 0 Å². The van der Waals surface area contributed by atoms with Gasteiger partial charge in [-0.2, -0.15) is 0 Å². The Hall–Kier alpha value is -2.14. The molecule has 1 amide bonds. The van der Waals surface area contributed by atoms with E-state index in [1.54, 1.807) is 4.90 Å². The van der Waals surface area contributed by atoms with E-state index in [1.807, 2.05) is 45.0 Å². The molecule has 1 fully saturated rings. The molecular formula is C19H23NO4. The average Bonchev–Trinajstić information content (AvgIpc) is 2.52. The van der Waals surface area contributed by atoms with Crippen molar-refractivity contribution in [3.05, 3.63) is 41.5 Å². The number of aldehydes is 1. The van der Waals surface area contributed by atoms with Crippen LogP contribution in [0.4, 0.5) is 4.79 Å². The minimum atomic E-state index is -0.513. The van der Waals surface area contributed by atoms with Gasteiger partial charge >= 0.3 is 6.09 Å². The summed E-state index contributed by atoms with van der Waals surface area (Å²) >= 11 is 0. The van der Waals surface area contributed by atoms with Gasteiger partial charge in [-0.1, -0.05) is 30.3 Å². The van der Waals surface area contributed by atoms with Gasteiger partial charge in [0.2, 0.25) is 0 Å². The molecule has 2 unspecified atom stereocenters. The second kappa shape index (κ2) is 6.40. The van der Waals surface area contributed by atoms with Crippen molar-refractivity contribution in [2.24, 2.45) is 0 Å². The summed E-state index contributed by atoms with van der Waals surface area (Å²) in [5.74, 6) is 0. The second-order valence-electron chi connectivity index (χ2n) is 7.28. The molecule has 0 saturated carbocycles. The number of nitrogens with zero attached hydrogens (tertiary/aromatic N) is 1. The zero-order chi connectivity index (χ0) is 17.3. The first-order valence-corrected chi connectivity index (χ1v) is 8.23. The molecule has 1 aromatic carbocycles. The van der Waals surface area contributed by atoms with Gasteiger partial charge in [0.15, 0.2) is 0 Å². The van der Waals surface area contributed by atoms with Crippen molar-refractivity contribution in [3.8, 4) is 0 Å². The maximum Gasteiger partial charge on any atom is 0.411 e. The maximum absolute atomic E-state index is 12.5. The van der Waals surface area contributed by atoms with E-state index in [2.05, 4.69) is 6.08 Å². The molecule has 0 aromatic heterocycles. The first-order chi connectivity index (χ1) is 11.4. The number of benzene rings is 1. The topological polar surface area (TPSA) is 55.8 Å². The van der Waals surface area contributed by atoms with Gasteiger partial charge in [-0.3, -0.25) is 9.69 Å². The highest BCUT2D eigenvalue weighted by Crippen LogP contribution is 2.33. The first kappa shape index (κ1) is 16.7. The van der Waals surface area contributed by atoms with Crippen molar-refractivity contribution in [3.63, 3.8) is 0 Å². The molecule has 2 aliphatic rings. The summed E-state index contributed by atoms with van der Waals surface area (Å²) in [5.41, 5.74) is 2.42. The highest BCUT2D eigenvalue weighted by molar-refractivity contribution is 5.78. The SMILES string of the molecule is CC(C)(C)OC(=O)N1C2C=C(c3ccc(C=O)cc3)CC1COC2. The van der Waals surface area contributed by atoms with Crippen LogP contribution < -0.4 is 0 Å². The molecule has 5 heteroatoms. The van der Waals surface area contributed by atoms with E-state index in [9.17, 15) is 9.59 Å². The molecule has 24 heavy (non-hydrogen) atoms. The monoisotopic (exact) mass is 329 g/mol. The lowest BCUT2D eigenvalue weighted by atomic mass is 9.90. The van der Waals surface area contributed by atoms with E-state index >= 15 is 0 Å². The van der Waals surface area contributed by atoms with Crippen LogP contribution in [-0.4, -0.2) is 48.2 Å². The Balaban J connectivity index is 1.84. The van der Waals surface area contributed by atoms with E-state index < -0.39 is 5.60 Å². The predicted octanol–water partition coefficient (Wildman–Crippen LogP) is 3.29. The molecule has 0 aliphatic carbocycles. The lowest BCUT2D eigenvalue weighted by molar-refractivity contribution is -0.0510. The van der Waals surface area contributed by atoms with Crippen molar-refractivity contribution in [1.82, 2.24) is 4.90 Å². The zero-order valence-corrected chi connectivity index (χ0v) is 14.3.